The molecule has 0 N–H and O–H groups in total. The fourth-order valence-electron chi connectivity index (χ4n) is 1.67. The molecule has 0 saturated carbocycles. The summed E-state index contributed by atoms with van der Waals surface area (Å²) in [6, 6.07) is 8.48. The largest absolute Gasteiger partial charge is 0.330 e. The number of imidazole rings is 1. The second-order valence-corrected chi connectivity index (χ2v) is 3.97. The molecule has 0 radical (unpaired) electrons. The van der Waals surface area contributed by atoms with E-state index < -0.39 is 0 Å². The maximum atomic E-state index is 4.30. The third-order valence-corrected chi connectivity index (χ3v) is 2.95. The highest BCUT2D eigenvalue weighted by molar-refractivity contribution is 5.26. The van der Waals surface area contributed by atoms with Gasteiger partial charge in [0.2, 0.25) is 0 Å². The van der Waals surface area contributed by atoms with E-state index in [0.717, 1.165) is 12.2 Å². The average molecular weight is 200 g/mol. The van der Waals surface area contributed by atoms with Crippen molar-refractivity contribution in [3.63, 3.8) is 0 Å². The van der Waals surface area contributed by atoms with Crippen LogP contribution in [0.3, 0.4) is 0 Å². The van der Waals surface area contributed by atoms with Gasteiger partial charge in [0.1, 0.15) is 0 Å². The van der Waals surface area contributed by atoms with Gasteiger partial charge < -0.3 is 4.57 Å². The molecular formula is C13H16N2. The Hall–Kier alpha value is -1.57. The lowest BCUT2D eigenvalue weighted by molar-refractivity contribution is 0.764. The molecule has 2 rings (SSSR count). The first-order valence-corrected chi connectivity index (χ1v) is 5.21. The van der Waals surface area contributed by atoms with Gasteiger partial charge in [-0.2, -0.15) is 0 Å². The average Bonchev–Trinajstić information content (AvgIpc) is 2.53. The van der Waals surface area contributed by atoms with Gasteiger partial charge in [0, 0.05) is 12.2 Å². The minimum atomic E-state index is 0.916. The molecule has 1 aromatic carbocycles. The first kappa shape index (κ1) is 9.97. The fourth-order valence-corrected chi connectivity index (χ4v) is 1.67. The summed E-state index contributed by atoms with van der Waals surface area (Å²) in [5.41, 5.74) is 5.06. The van der Waals surface area contributed by atoms with E-state index in [9.17, 15) is 0 Å². The molecule has 0 spiro atoms. The molecule has 1 heterocycles. The Kier molecular flexibility index (Phi) is 2.58. The summed E-state index contributed by atoms with van der Waals surface area (Å²) in [5, 5.41) is 0. The van der Waals surface area contributed by atoms with Crippen molar-refractivity contribution in [1.82, 2.24) is 9.55 Å². The topological polar surface area (TPSA) is 17.8 Å². The maximum Gasteiger partial charge on any atom is 0.0954 e. The van der Waals surface area contributed by atoms with Crippen LogP contribution >= 0.6 is 0 Å². The summed E-state index contributed by atoms with van der Waals surface area (Å²) in [6.07, 6.45) is 1.91. The van der Waals surface area contributed by atoms with Crippen molar-refractivity contribution in [3.05, 3.63) is 53.1 Å². The SMILES string of the molecule is Cc1ccccc1Cn1cnc(C)c1C. The van der Waals surface area contributed by atoms with E-state index in [1.165, 1.54) is 16.8 Å². The van der Waals surface area contributed by atoms with Crippen molar-refractivity contribution in [3.8, 4) is 0 Å². The molecule has 0 unspecified atom stereocenters. The van der Waals surface area contributed by atoms with Gasteiger partial charge in [-0.25, -0.2) is 4.98 Å². The van der Waals surface area contributed by atoms with Crippen molar-refractivity contribution >= 4 is 0 Å². The Labute approximate surface area is 90.6 Å². The first-order valence-electron chi connectivity index (χ1n) is 5.21. The predicted molar refractivity (Wildman–Crippen MR) is 62.0 cm³/mol. The lowest BCUT2D eigenvalue weighted by Crippen LogP contribution is -2.02. The number of benzene rings is 1. The zero-order chi connectivity index (χ0) is 10.8. The number of aryl methyl sites for hydroxylation is 2. The molecule has 2 nitrogen and oxygen atoms in total. The maximum absolute atomic E-state index is 4.30. The first-order chi connectivity index (χ1) is 7.18. The van der Waals surface area contributed by atoms with Gasteiger partial charge in [-0.3, -0.25) is 0 Å². The smallest absolute Gasteiger partial charge is 0.0954 e. The van der Waals surface area contributed by atoms with Crippen LogP contribution in [0.4, 0.5) is 0 Å². The third-order valence-electron chi connectivity index (χ3n) is 2.95. The van der Waals surface area contributed by atoms with Crippen molar-refractivity contribution in [1.29, 1.82) is 0 Å². The van der Waals surface area contributed by atoms with E-state index in [1.54, 1.807) is 0 Å². The van der Waals surface area contributed by atoms with Crippen LogP contribution in [0.5, 0.6) is 0 Å². The Balaban J connectivity index is 2.30. The molecule has 0 atom stereocenters. The van der Waals surface area contributed by atoms with Crippen LogP contribution in [0.25, 0.3) is 0 Å². The normalized spacial score (nSPS) is 10.6. The highest BCUT2D eigenvalue weighted by atomic mass is 15.0. The molecule has 0 amide bonds. The van der Waals surface area contributed by atoms with Crippen LogP contribution in [0.15, 0.2) is 30.6 Å². The summed E-state index contributed by atoms with van der Waals surface area (Å²) in [7, 11) is 0. The van der Waals surface area contributed by atoms with Crippen LogP contribution < -0.4 is 0 Å². The minimum Gasteiger partial charge on any atom is -0.330 e. The molecular weight excluding hydrogens is 184 g/mol. The lowest BCUT2D eigenvalue weighted by Gasteiger charge is -2.08. The molecule has 78 valence electrons. The second kappa shape index (κ2) is 3.89. The van der Waals surface area contributed by atoms with Crippen LogP contribution in [0.1, 0.15) is 22.5 Å². The number of hydrogen-bond donors (Lipinski definition) is 0. The molecule has 0 aliphatic carbocycles. The van der Waals surface area contributed by atoms with Crippen molar-refractivity contribution in [2.45, 2.75) is 27.3 Å². The molecule has 0 fully saturated rings. The number of nitrogens with zero attached hydrogens (tertiary/aromatic N) is 2. The van der Waals surface area contributed by atoms with Gasteiger partial charge in [-0.15, -0.1) is 0 Å². The second-order valence-electron chi connectivity index (χ2n) is 3.97. The van der Waals surface area contributed by atoms with E-state index in [4.69, 9.17) is 0 Å². The Bertz CT molecular complexity index is 469. The van der Waals surface area contributed by atoms with Gasteiger partial charge in [-0.05, 0) is 31.9 Å². The van der Waals surface area contributed by atoms with Gasteiger partial charge in [0.05, 0.1) is 12.0 Å². The van der Waals surface area contributed by atoms with Crippen molar-refractivity contribution < 1.29 is 0 Å². The summed E-state index contributed by atoms with van der Waals surface area (Å²) in [5.74, 6) is 0. The van der Waals surface area contributed by atoms with E-state index >= 15 is 0 Å². The van der Waals surface area contributed by atoms with Gasteiger partial charge in [-0.1, -0.05) is 24.3 Å². The molecule has 2 heteroatoms. The van der Waals surface area contributed by atoms with Crippen LogP contribution in [0.2, 0.25) is 0 Å². The fraction of sp³-hybridized carbons (Fsp3) is 0.308. The standard InChI is InChI=1S/C13H16N2/c1-10-6-4-5-7-13(10)8-15-9-14-11(2)12(15)3/h4-7,9H,8H2,1-3H3. The summed E-state index contributed by atoms with van der Waals surface area (Å²) < 4.78 is 2.19. The van der Waals surface area contributed by atoms with Crippen LogP contribution in [-0.4, -0.2) is 9.55 Å². The molecule has 0 aliphatic rings. The molecule has 1 aromatic heterocycles. The quantitative estimate of drug-likeness (QED) is 0.729. The zero-order valence-corrected chi connectivity index (χ0v) is 9.49. The molecule has 0 saturated heterocycles. The number of hydrogen-bond acceptors (Lipinski definition) is 1. The lowest BCUT2D eigenvalue weighted by atomic mass is 10.1. The number of rotatable bonds is 2. The van der Waals surface area contributed by atoms with E-state index in [-0.39, 0.29) is 0 Å². The third kappa shape index (κ3) is 1.94. The molecule has 2 aromatic rings. The summed E-state index contributed by atoms with van der Waals surface area (Å²) in [6.45, 7) is 7.22. The van der Waals surface area contributed by atoms with Crippen LogP contribution in [0, 0.1) is 20.8 Å². The monoisotopic (exact) mass is 200 g/mol. The van der Waals surface area contributed by atoms with Gasteiger partial charge >= 0.3 is 0 Å². The Morgan fingerprint density at radius 3 is 2.47 bits per heavy atom. The van der Waals surface area contributed by atoms with Gasteiger partial charge in [0.25, 0.3) is 0 Å². The predicted octanol–water partition coefficient (Wildman–Crippen LogP) is 2.86. The van der Waals surface area contributed by atoms with Crippen molar-refractivity contribution in [2.75, 3.05) is 0 Å². The van der Waals surface area contributed by atoms with Gasteiger partial charge in [0.15, 0.2) is 0 Å². The van der Waals surface area contributed by atoms with E-state index in [0.29, 0.717) is 0 Å². The van der Waals surface area contributed by atoms with Crippen molar-refractivity contribution in [2.24, 2.45) is 0 Å². The zero-order valence-electron chi connectivity index (χ0n) is 9.49. The van der Waals surface area contributed by atoms with E-state index in [1.807, 2.05) is 13.3 Å². The highest BCUT2D eigenvalue weighted by Crippen LogP contribution is 2.12. The minimum absolute atomic E-state index is 0.916. The highest BCUT2D eigenvalue weighted by Gasteiger charge is 2.03. The molecule has 15 heavy (non-hydrogen) atoms. The Morgan fingerprint density at radius 2 is 1.87 bits per heavy atom. The molecule has 0 aliphatic heterocycles. The Morgan fingerprint density at radius 1 is 1.13 bits per heavy atom. The number of aromatic nitrogens is 2. The van der Waals surface area contributed by atoms with E-state index in [2.05, 4.69) is 47.7 Å². The van der Waals surface area contributed by atoms with Crippen LogP contribution in [-0.2, 0) is 6.54 Å². The molecule has 0 bridgehead atoms. The summed E-state index contributed by atoms with van der Waals surface area (Å²) >= 11 is 0. The summed E-state index contributed by atoms with van der Waals surface area (Å²) in [4.78, 5) is 4.30.